The van der Waals surface area contributed by atoms with E-state index in [0.717, 1.165) is 35.0 Å². The Balaban J connectivity index is -0.00000162. The lowest BCUT2D eigenvalue weighted by Gasteiger charge is -2.36. The molecule has 1 atom stereocenters. The fourth-order valence-corrected chi connectivity index (χ4v) is 1.89. The van der Waals surface area contributed by atoms with E-state index in [1.54, 1.807) is 0 Å². The summed E-state index contributed by atoms with van der Waals surface area (Å²) in [6, 6.07) is 0.391. The Morgan fingerprint density at radius 1 is 1.00 bits per heavy atom. The summed E-state index contributed by atoms with van der Waals surface area (Å²) in [6.45, 7) is 9.94. The van der Waals surface area contributed by atoms with E-state index in [0.29, 0.717) is 19.1 Å². The molecule has 21 heavy (non-hydrogen) atoms. The maximum absolute atomic E-state index is 11.8. The Morgan fingerprint density at radius 3 is 1.90 bits per heavy atom. The Morgan fingerprint density at radius 2 is 1.52 bits per heavy atom. The first-order chi connectivity index (χ1) is 8.68. The van der Waals surface area contributed by atoms with Gasteiger partial charge in [0, 0.05) is 6.42 Å². The number of likely N-dealkylation sites (N-methyl/N-ethyl adjacent to an activating group) is 1. The van der Waals surface area contributed by atoms with Crippen LogP contribution in [0.15, 0.2) is 0 Å². The molecule has 0 aromatic carbocycles. The average molecular weight is 528 g/mol. The van der Waals surface area contributed by atoms with E-state index in [2.05, 4.69) is 49.0 Å². The fourth-order valence-electron chi connectivity index (χ4n) is 1.89. The summed E-state index contributed by atoms with van der Waals surface area (Å²) in [5.41, 5.74) is 0. The Hall–Kier alpha value is 0.850. The van der Waals surface area contributed by atoms with Gasteiger partial charge in [-0.1, -0.05) is 6.92 Å². The molecule has 130 valence electrons. The first kappa shape index (κ1) is 26.7. The molecule has 6 heteroatoms. The van der Waals surface area contributed by atoms with Crippen LogP contribution in [0.5, 0.6) is 0 Å². The Bertz CT molecular complexity index is 285. The predicted molar refractivity (Wildman–Crippen MR) is 79.8 cm³/mol. The summed E-state index contributed by atoms with van der Waals surface area (Å²) >= 11 is 0. The van der Waals surface area contributed by atoms with Gasteiger partial charge >= 0.3 is 5.97 Å². The monoisotopic (exact) mass is 528 g/mol. The summed E-state index contributed by atoms with van der Waals surface area (Å²) in [7, 11) is 8.66. The smallest absolute Gasteiger partial charge is 0.311 e. The number of esters is 1. The van der Waals surface area contributed by atoms with E-state index >= 15 is 0 Å². The first-order valence-corrected chi connectivity index (χ1v) is 7.48. The lowest BCUT2D eigenvalue weighted by molar-refractivity contribution is -0.913. The Kier molecular flexibility index (Phi) is 15.7. The first-order valence-electron chi connectivity index (χ1n) is 7.48. The molecule has 0 aromatic rings. The molecule has 4 nitrogen and oxygen atoms in total. The van der Waals surface area contributed by atoms with Gasteiger partial charge in [-0.3, -0.25) is 4.79 Å². The number of ether oxygens (including phenoxy) is 1. The second-order valence-electron chi connectivity index (χ2n) is 6.57. The molecule has 0 N–H and O–H groups in total. The van der Waals surface area contributed by atoms with Crippen LogP contribution in [0.25, 0.3) is 0 Å². The highest BCUT2D eigenvalue weighted by atomic mass is 127. The SMILES string of the molecule is CCC(COC(=O)CC[N+](C)(C)CC)[N+](C)(C)CC.[I-].[I-]. The van der Waals surface area contributed by atoms with Crippen molar-refractivity contribution < 1.29 is 66.5 Å². The molecule has 0 saturated heterocycles. The molecule has 0 aliphatic rings. The zero-order chi connectivity index (χ0) is 15.1. The molecular formula is C15H34I2N2O2. The molecule has 0 rings (SSSR count). The van der Waals surface area contributed by atoms with Crippen molar-refractivity contribution in [2.24, 2.45) is 0 Å². The van der Waals surface area contributed by atoms with Gasteiger partial charge in [-0.05, 0) is 13.8 Å². The molecule has 0 aliphatic carbocycles. The zero-order valence-electron chi connectivity index (χ0n) is 14.8. The summed E-state index contributed by atoms with van der Waals surface area (Å²) < 4.78 is 7.23. The highest BCUT2D eigenvalue weighted by molar-refractivity contribution is 5.69. The second kappa shape index (κ2) is 12.3. The molecule has 0 amide bonds. The standard InChI is InChI=1S/C15H34N2O2.2HI/c1-8-14(17(6,7)10-3)13-19-15(18)11-12-16(4,5)9-2;;/h14H,8-13H2,1-7H3;2*1H/q+2;;/p-2. The zero-order valence-corrected chi connectivity index (χ0v) is 19.1. The topological polar surface area (TPSA) is 26.3 Å². The molecule has 0 heterocycles. The minimum atomic E-state index is -0.0609. The van der Waals surface area contributed by atoms with Crippen LogP contribution in [-0.2, 0) is 9.53 Å². The number of carbonyl (C=O) groups excluding carboxylic acids is 1. The molecule has 0 saturated carbocycles. The summed E-state index contributed by atoms with van der Waals surface area (Å²) in [5, 5.41) is 0. The van der Waals surface area contributed by atoms with E-state index in [1.807, 2.05) is 0 Å². The van der Waals surface area contributed by atoms with Crippen LogP contribution in [-0.4, -0.2) is 75.4 Å². The van der Waals surface area contributed by atoms with Gasteiger partial charge in [-0.2, -0.15) is 0 Å². The van der Waals surface area contributed by atoms with Crippen LogP contribution >= 0.6 is 0 Å². The van der Waals surface area contributed by atoms with Gasteiger partial charge in [-0.15, -0.1) is 0 Å². The molecule has 0 radical (unpaired) electrons. The third kappa shape index (κ3) is 11.1. The number of rotatable bonds is 9. The van der Waals surface area contributed by atoms with Crippen LogP contribution < -0.4 is 48.0 Å². The van der Waals surface area contributed by atoms with Crippen molar-refractivity contribution in [1.82, 2.24) is 0 Å². The lowest BCUT2D eigenvalue weighted by Crippen LogP contribution is -3.00. The van der Waals surface area contributed by atoms with Crippen molar-refractivity contribution in [3.8, 4) is 0 Å². The largest absolute Gasteiger partial charge is 1.00 e. The summed E-state index contributed by atoms with van der Waals surface area (Å²) in [4.78, 5) is 11.8. The van der Waals surface area contributed by atoms with Gasteiger partial charge in [0.2, 0.25) is 0 Å². The number of halogens is 2. The molecular weight excluding hydrogens is 494 g/mol. The molecule has 1 unspecified atom stereocenters. The summed E-state index contributed by atoms with van der Waals surface area (Å²) in [6.07, 6.45) is 1.54. The molecule has 0 aliphatic heterocycles. The van der Waals surface area contributed by atoms with Crippen LogP contribution in [0, 0.1) is 0 Å². The third-order valence-corrected chi connectivity index (χ3v) is 4.49. The minimum absolute atomic E-state index is 0. The quantitative estimate of drug-likeness (QED) is 0.173. The van der Waals surface area contributed by atoms with Crippen LogP contribution in [0.1, 0.15) is 33.6 Å². The number of quaternary nitrogens is 2. The van der Waals surface area contributed by atoms with Crippen molar-refractivity contribution in [3.05, 3.63) is 0 Å². The number of hydrogen-bond acceptors (Lipinski definition) is 2. The molecule has 0 bridgehead atoms. The fraction of sp³-hybridized carbons (Fsp3) is 0.933. The lowest BCUT2D eigenvalue weighted by atomic mass is 10.2. The second-order valence-corrected chi connectivity index (χ2v) is 6.57. The Labute approximate surface area is 165 Å². The maximum atomic E-state index is 11.8. The van der Waals surface area contributed by atoms with E-state index in [4.69, 9.17) is 4.74 Å². The maximum Gasteiger partial charge on any atom is 0.311 e. The van der Waals surface area contributed by atoms with Crippen LogP contribution in [0.4, 0.5) is 0 Å². The van der Waals surface area contributed by atoms with Crippen LogP contribution in [0.2, 0.25) is 0 Å². The van der Waals surface area contributed by atoms with Gasteiger partial charge in [0.15, 0.2) is 0 Å². The average Bonchev–Trinajstić information content (AvgIpc) is 2.37. The van der Waals surface area contributed by atoms with E-state index in [-0.39, 0.29) is 53.9 Å². The molecule has 0 fully saturated rings. The van der Waals surface area contributed by atoms with Gasteiger partial charge in [0.1, 0.15) is 12.6 Å². The third-order valence-electron chi connectivity index (χ3n) is 4.49. The van der Waals surface area contributed by atoms with Gasteiger partial charge < -0.3 is 61.7 Å². The highest BCUT2D eigenvalue weighted by Gasteiger charge is 2.26. The minimum Gasteiger partial charge on any atom is -1.00 e. The van der Waals surface area contributed by atoms with E-state index in [1.165, 1.54) is 0 Å². The van der Waals surface area contributed by atoms with Crippen LogP contribution in [0.3, 0.4) is 0 Å². The van der Waals surface area contributed by atoms with Gasteiger partial charge in [0.25, 0.3) is 0 Å². The van der Waals surface area contributed by atoms with Crippen molar-refractivity contribution in [2.45, 2.75) is 39.7 Å². The predicted octanol–water partition coefficient (Wildman–Crippen LogP) is -4.10. The number of hydrogen-bond donors (Lipinski definition) is 0. The van der Waals surface area contributed by atoms with Crippen molar-refractivity contribution in [3.63, 3.8) is 0 Å². The van der Waals surface area contributed by atoms with Crippen molar-refractivity contribution in [1.29, 1.82) is 0 Å². The molecule has 0 spiro atoms. The highest BCUT2D eigenvalue weighted by Crippen LogP contribution is 2.11. The van der Waals surface area contributed by atoms with Crippen molar-refractivity contribution >= 4 is 5.97 Å². The van der Waals surface area contributed by atoms with Crippen molar-refractivity contribution in [2.75, 3.05) is 54.4 Å². The van der Waals surface area contributed by atoms with Gasteiger partial charge in [0.05, 0.1) is 54.2 Å². The normalized spacial score (nSPS) is 12.9. The van der Waals surface area contributed by atoms with E-state index < -0.39 is 0 Å². The number of carbonyl (C=O) groups is 1. The number of nitrogens with zero attached hydrogens (tertiary/aromatic N) is 2. The summed E-state index contributed by atoms with van der Waals surface area (Å²) in [5.74, 6) is -0.0609. The molecule has 0 aromatic heterocycles. The van der Waals surface area contributed by atoms with E-state index in [9.17, 15) is 4.79 Å². The van der Waals surface area contributed by atoms with Gasteiger partial charge in [-0.25, -0.2) is 0 Å².